The fourth-order valence-corrected chi connectivity index (χ4v) is 4.24. The van der Waals surface area contributed by atoms with Gasteiger partial charge in [0.15, 0.2) is 0 Å². The maximum Gasteiger partial charge on any atom is 0.372 e. The highest BCUT2D eigenvalue weighted by Gasteiger charge is 2.60. The molecule has 0 radical (unpaired) electrons. The first-order valence-corrected chi connectivity index (χ1v) is 8.47. The van der Waals surface area contributed by atoms with E-state index in [1.807, 2.05) is 0 Å². The molecule has 0 fully saturated rings. The minimum absolute atomic E-state index is 0.197. The number of nitrogens with zero attached hydrogens (tertiary/aromatic N) is 1. The molecule has 0 saturated carbocycles. The average Bonchev–Trinajstić information content (AvgIpc) is 2.28. The van der Waals surface area contributed by atoms with Crippen molar-refractivity contribution in [2.24, 2.45) is 0 Å². The smallest absolute Gasteiger partial charge is 0.367 e. The van der Waals surface area contributed by atoms with Crippen LogP contribution < -0.4 is 0 Å². The molecule has 4 N–H and O–H groups in total. The number of hydrogen-bond acceptors (Lipinski definition) is 5. The summed E-state index contributed by atoms with van der Waals surface area (Å²) in [4.78, 5) is 31.7. The summed E-state index contributed by atoms with van der Waals surface area (Å²) in [5, 5.41) is 6.84. The molecule has 1 aromatic heterocycles. The molecule has 1 unspecified atom stereocenters. The van der Waals surface area contributed by atoms with E-state index in [0.717, 1.165) is 0 Å². The summed E-state index contributed by atoms with van der Waals surface area (Å²) in [7, 11) is -10.3. The Labute approximate surface area is 109 Å². The lowest BCUT2D eigenvalue weighted by molar-refractivity contribution is 0.117. The van der Waals surface area contributed by atoms with E-state index in [0.29, 0.717) is 0 Å². The quantitative estimate of drug-likeness (QED) is 0.562. The fourth-order valence-electron chi connectivity index (χ4n) is 1.42. The van der Waals surface area contributed by atoms with Gasteiger partial charge in [0.05, 0.1) is 6.61 Å². The molecule has 0 aliphatic heterocycles. The van der Waals surface area contributed by atoms with Gasteiger partial charge in [0.1, 0.15) is 0 Å². The molecule has 0 saturated heterocycles. The number of aliphatic hydroxyl groups is 1. The van der Waals surface area contributed by atoms with Crippen LogP contribution in [0, 0.1) is 0 Å². The summed E-state index contributed by atoms with van der Waals surface area (Å²) >= 11 is 0. The molecule has 1 heterocycles. The SMILES string of the molecule is CCOP(=O)(O)[C@](O)(Cc1cccnc1)P(=O)(O)O. The van der Waals surface area contributed by atoms with Crippen LogP contribution in [0.5, 0.6) is 0 Å². The van der Waals surface area contributed by atoms with Gasteiger partial charge in [-0.3, -0.25) is 14.1 Å². The van der Waals surface area contributed by atoms with Crippen LogP contribution >= 0.6 is 15.2 Å². The van der Waals surface area contributed by atoms with Gasteiger partial charge in [0.2, 0.25) is 0 Å². The van der Waals surface area contributed by atoms with E-state index in [1.54, 1.807) is 0 Å². The van der Waals surface area contributed by atoms with E-state index < -0.39 is 26.7 Å². The van der Waals surface area contributed by atoms with Gasteiger partial charge in [-0.1, -0.05) is 6.07 Å². The van der Waals surface area contributed by atoms with Gasteiger partial charge in [-0.25, -0.2) is 0 Å². The third-order valence-corrected chi connectivity index (χ3v) is 6.69. The van der Waals surface area contributed by atoms with Crippen molar-refractivity contribution in [1.29, 1.82) is 0 Å². The van der Waals surface area contributed by atoms with Crippen LogP contribution in [-0.4, -0.2) is 36.5 Å². The predicted octanol–water partition coefficient (Wildman–Crippen LogP) is 0.670. The number of pyridine rings is 1. The number of aromatic nitrogens is 1. The third-order valence-electron chi connectivity index (χ3n) is 2.39. The van der Waals surface area contributed by atoms with Crippen molar-refractivity contribution in [2.45, 2.75) is 18.4 Å². The van der Waals surface area contributed by atoms with E-state index in [1.165, 1.54) is 31.5 Å². The summed E-state index contributed by atoms with van der Waals surface area (Å²) in [6, 6.07) is 2.89. The van der Waals surface area contributed by atoms with Crippen LogP contribution in [0.4, 0.5) is 0 Å². The van der Waals surface area contributed by atoms with E-state index in [2.05, 4.69) is 9.51 Å². The lowest BCUT2D eigenvalue weighted by Crippen LogP contribution is -2.32. The molecule has 8 nitrogen and oxygen atoms in total. The normalized spacial score (nSPS) is 18.6. The van der Waals surface area contributed by atoms with Gasteiger partial charge in [0.25, 0.3) is 5.08 Å². The molecular formula is C9H15NO7P2. The van der Waals surface area contributed by atoms with Crippen molar-refractivity contribution in [3.8, 4) is 0 Å². The first kappa shape index (κ1) is 16.5. The zero-order valence-electron chi connectivity index (χ0n) is 10.1. The summed E-state index contributed by atoms with van der Waals surface area (Å²) in [6.07, 6.45) is 1.90. The van der Waals surface area contributed by atoms with Gasteiger partial charge >= 0.3 is 15.2 Å². The second-order valence-electron chi connectivity index (χ2n) is 3.79. The summed E-state index contributed by atoms with van der Waals surface area (Å²) in [5.74, 6) is 0. The van der Waals surface area contributed by atoms with Crippen molar-refractivity contribution in [1.82, 2.24) is 4.98 Å². The monoisotopic (exact) mass is 311 g/mol. The minimum Gasteiger partial charge on any atom is -0.367 e. The Hall–Kier alpha value is -0.590. The zero-order chi connectivity index (χ0) is 14.7. The van der Waals surface area contributed by atoms with Crippen molar-refractivity contribution in [3.05, 3.63) is 30.1 Å². The highest BCUT2D eigenvalue weighted by atomic mass is 31.2. The Balaban J connectivity index is 3.23. The van der Waals surface area contributed by atoms with E-state index in [-0.39, 0.29) is 12.2 Å². The van der Waals surface area contributed by atoms with Gasteiger partial charge in [0, 0.05) is 18.8 Å². The van der Waals surface area contributed by atoms with Crippen LogP contribution in [0.15, 0.2) is 24.5 Å². The zero-order valence-corrected chi connectivity index (χ0v) is 11.9. The molecular weight excluding hydrogens is 296 g/mol. The fraction of sp³-hybridized carbons (Fsp3) is 0.444. The molecule has 0 amide bonds. The highest BCUT2D eigenvalue weighted by molar-refractivity contribution is 7.72. The molecule has 0 bridgehead atoms. The average molecular weight is 311 g/mol. The molecule has 0 spiro atoms. The standard InChI is InChI=1S/C9H15NO7P2/c1-2-17-19(15,16)9(11,18(12,13)14)6-8-4-3-5-10-7-8/h3-5,7,11H,2,6H2,1H3,(H,15,16)(H2,12,13,14)/t9-/m0/s1. The largest absolute Gasteiger partial charge is 0.372 e. The first-order valence-electron chi connectivity index (χ1n) is 5.28. The van der Waals surface area contributed by atoms with E-state index in [9.17, 15) is 28.9 Å². The summed E-state index contributed by atoms with van der Waals surface area (Å²) < 4.78 is 27.7. The number of rotatable bonds is 6. The van der Waals surface area contributed by atoms with Gasteiger partial charge in [-0.15, -0.1) is 0 Å². The van der Waals surface area contributed by atoms with Crippen molar-refractivity contribution in [3.63, 3.8) is 0 Å². The predicted molar refractivity (Wildman–Crippen MR) is 66.4 cm³/mol. The van der Waals surface area contributed by atoms with E-state index >= 15 is 0 Å². The molecule has 0 aliphatic rings. The Bertz CT molecular complexity index is 517. The second-order valence-corrected chi connectivity index (χ2v) is 8.01. The molecule has 1 rings (SSSR count). The van der Waals surface area contributed by atoms with Crippen LogP contribution in [0.1, 0.15) is 12.5 Å². The van der Waals surface area contributed by atoms with Crippen molar-refractivity contribution < 1.29 is 33.4 Å². The lowest BCUT2D eigenvalue weighted by atomic mass is 10.2. The van der Waals surface area contributed by atoms with Crippen LogP contribution in [0.2, 0.25) is 0 Å². The molecule has 0 aromatic carbocycles. The molecule has 10 heteroatoms. The van der Waals surface area contributed by atoms with Crippen LogP contribution in [0.3, 0.4) is 0 Å². The van der Waals surface area contributed by atoms with Gasteiger partial charge in [-0.05, 0) is 18.6 Å². The Morgan fingerprint density at radius 1 is 1.37 bits per heavy atom. The minimum atomic E-state index is -5.31. The first-order chi connectivity index (χ1) is 8.64. The third kappa shape index (κ3) is 3.49. The summed E-state index contributed by atoms with van der Waals surface area (Å²) in [6.45, 7) is 1.09. The van der Waals surface area contributed by atoms with Crippen LogP contribution in [0.25, 0.3) is 0 Å². The highest BCUT2D eigenvalue weighted by Crippen LogP contribution is 2.70. The molecule has 1 aromatic rings. The maximum atomic E-state index is 11.9. The molecule has 108 valence electrons. The Morgan fingerprint density at radius 3 is 2.42 bits per heavy atom. The van der Waals surface area contributed by atoms with Gasteiger partial charge < -0.3 is 24.3 Å². The topological polar surface area (TPSA) is 137 Å². The molecule has 19 heavy (non-hydrogen) atoms. The Morgan fingerprint density at radius 2 is 2.00 bits per heavy atom. The van der Waals surface area contributed by atoms with Crippen molar-refractivity contribution in [2.75, 3.05) is 6.61 Å². The van der Waals surface area contributed by atoms with Crippen molar-refractivity contribution >= 4 is 15.2 Å². The maximum absolute atomic E-state index is 11.9. The van der Waals surface area contributed by atoms with Gasteiger partial charge in [-0.2, -0.15) is 0 Å². The number of hydrogen-bond donors (Lipinski definition) is 4. The molecule has 0 aliphatic carbocycles. The second kappa shape index (κ2) is 5.81. The lowest BCUT2D eigenvalue weighted by Gasteiger charge is -2.31. The summed E-state index contributed by atoms with van der Waals surface area (Å²) in [5.41, 5.74) is 0.197. The van der Waals surface area contributed by atoms with E-state index in [4.69, 9.17) is 0 Å². The Kier molecular flexibility index (Phi) is 5.03. The molecule has 2 atom stereocenters. The van der Waals surface area contributed by atoms with Crippen LogP contribution in [-0.2, 0) is 20.1 Å².